The average molecular weight is 458 g/mol. The quantitative estimate of drug-likeness (QED) is 0.569. The molecule has 0 bridgehead atoms. The Labute approximate surface area is 192 Å². The van der Waals surface area contributed by atoms with Crippen molar-refractivity contribution in [2.45, 2.75) is 45.7 Å². The third-order valence-electron chi connectivity index (χ3n) is 6.45. The highest BCUT2D eigenvalue weighted by Crippen LogP contribution is 2.41. The monoisotopic (exact) mass is 457 g/mol. The molecule has 8 heteroatoms. The highest BCUT2D eigenvalue weighted by atomic mass is 32.1. The van der Waals surface area contributed by atoms with E-state index in [0.29, 0.717) is 35.5 Å². The Hall–Kier alpha value is -2.58. The van der Waals surface area contributed by atoms with Gasteiger partial charge >= 0.3 is 0 Å². The molecule has 2 aromatic heterocycles. The second kappa shape index (κ2) is 9.11. The van der Waals surface area contributed by atoms with Crippen LogP contribution in [0, 0.1) is 5.92 Å². The number of H-pyrrole nitrogens is 1. The maximum absolute atomic E-state index is 13.0. The normalized spacial score (nSPS) is 16.8. The third kappa shape index (κ3) is 3.97. The second-order valence-electron chi connectivity index (χ2n) is 8.57. The molecule has 2 atom stereocenters. The van der Waals surface area contributed by atoms with E-state index >= 15 is 0 Å². The van der Waals surface area contributed by atoms with Gasteiger partial charge in [0, 0.05) is 17.0 Å². The fourth-order valence-electron chi connectivity index (χ4n) is 4.47. The molecule has 32 heavy (non-hydrogen) atoms. The summed E-state index contributed by atoms with van der Waals surface area (Å²) in [6.07, 6.45) is 3.14. The predicted molar refractivity (Wildman–Crippen MR) is 127 cm³/mol. The fraction of sp³-hybridized carbons (Fsp3) is 0.500. The van der Waals surface area contributed by atoms with Crippen LogP contribution in [0.3, 0.4) is 0 Å². The first-order valence-corrected chi connectivity index (χ1v) is 11.7. The molecule has 0 fully saturated rings. The lowest BCUT2D eigenvalue weighted by atomic mass is 9.89. The van der Waals surface area contributed by atoms with Crippen LogP contribution in [-0.4, -0.2) is 43.2 Å². The van der Waals surface area contributed by atoms with Crippen LogP contribution >= 0.6 is 11.3 Å². The zero-order chi connectivity index (χ0) is 23.0. The van der Waals surface area contributed by atoms with E-state index in [4.69, 9.17) is 19.2 Å². The van der Waals surface area contributed by atoms with Crippen molar-refractivity contribution in [1.82, 2.24) is 14.9 Å². The van der Waals surface area contributed by atoms with Gasteiger partial charge in [-0.3, -0.25) is 9.69 Å². The first kappa shape index (κ1) is 22.6. The number of aromatic nitrogens is 2. The molecule has 0 saturated carbocycles. The van der Waals surface area contributed by atoms with Crippen LogP contribution in [0.25, 0.3) is 10.2 Å². The Morgan fingerprint density at radius 2 is 1.97 bits per heavy atom. The highest BCUT2D eigenvalue weighted by Gasteiger charge is 2.25. The number of rotatable bonds is 7. The van der Waals surface area contributed by atoms with Crippen molar-refractivity contribution < 1.29 is 14.2 Å². The topological polar surface area (TPSA) is 76.7 Å². The lowest BCUT2D eigenvalue weighted by molar-refractivity contribution is 0.238. The Morgan fingerprint density at radius 1 is 1.22 bits per heavy atom. The van der Waals surface area contributed by atoms with Gasteiger partial charge in [0.05, 0.1) is 32.8 Å². The number of nitrogens with one attached hydrogen (secondary N) is 1. The molecule has 0 saturated heterocycles. The molecule has 7 nitrogen and oxygen atoms in total. The van der Waals surface area contributed by atoms with Gasteiger partial charge in [-0.1, -0.05) is 13.0 Å². The molecule has 0 aliphatic heterocycles. The molecule has 1 aliphatic carbocycles. The number of fused-ring (bicyclic) bond motifs is 3. The molecule has 3 aromatic rings. The number of nitrogens with zero attached hydrogens (tertiary/aromatic N) is 2. The van der Waals surface area contributed by atoms with Gasteiger partial charge < -0.3 is 19.2 Å². The Morgan fingerprint density at radius 3 is 2.66 bits per heavy atom. The van der Waals surface area contributed by atoms with Gasteiger partial charge in [0.15, 0.2) is 11.5 Å². The lowest BCUT2D eigenvalue weighted by Crippen LogP contribution is -2.26. The van der Waals surface area contributed by atoms with Gasteiger partial charge in [-0.15, -0.1) is 11.3 Å². The number of benzene rings is 1. The van der Waals surface area contributed by atoms with Gasteiger partial charge in [-0.25, -0.2) is 4.98 Å². The Bertz CT molecular complexity index is 1190. The molecule has 1 N–H and O–H groups in total. The van der Waals surface area contributed by atoms with Crippen molar-refractivity contribution in [2.75, 3.05) is 28.4 Å². The van der Waals surface area contributed by atoms with E-state index < -0.39 is 0 Å². The standard InChI is InChI=1S/C24H31N3O4S/c1-13-7-9-16-18(11-13)32-24-19(16)23(28)25-22(26-24)14(2)27(3)12-15-8-10-17(29-4)21(31-6)20(15)30-5/h8,10,13-14H,7,9,11-12H2,1-6H3,(H,25,26,28)/t13-,14-/m1/s1. The summed E-state index contributed by atoms with van der Waals surface area (Å²) in [6, 6.07) is 3.75. The van der Waals surface area contributed by atoms with Crippen molar-refractivity contribution in [1.29, 1.82) is 0 Å². The maximum Gasteiger partial charge on any atom is 0.259 e. The minimum absolute atomic E-state index is 0.0269. The van der Waals surface area contributed by atoms with E-state index in [1.807, 2.05) is 26.1 Å². The Kier molecular flexibility index (Phi) is 6.44. The van der Waals surface area contributed by atoms with Crippen LogP contribution in [-0.2, 0) is 19.4 Å². The van der Waals surface area contributed by atoms with Crippen LogP contribution in [0.1, 0.15) is 48.1 Å². The highest BCUT2D eigenvalue weighted by molar-refractivity contribution is 7.18. The van der Waals surface area contributed by atoms with Crippen LogP contribution in [0.2, 0.25) is 0 Å². The van der Waals surface area contributed by atoms with Gasteiger partial charge in [0.1, 0.15) is 10.7 Å². The lowest BCUT2D eigenvalue weighted by Gasteiger charge is -2.25. The van der Waals surface area contributed by atoms with E-state index in [9.17, 15) is 4.79 Å². The summed E-state index contributed by atoms with van der Waals surface area (Å²) in [5.41, 5.74) is 2.14. The fourth-order valence-corrected chi connectivity index (χ4v) is 5.86. The second-order valence-corrected chi connectivity index (χ2v) is 9.65. The van der Waals surface area contributed by atoms with Crippen LogP contribution < -0.4 is 19.8 Å². The minimum Gasteiger partial charge on any atom is -0.493 e. The smallest absolute Gasteiger partial charge is 0.259 e. The van der Waals surface area contributed by atoms with Crippen molar-refractivity contribution in [3.63, 3.8) is 0 Å². The maximum atomic E-state index is 13.0. The molecule has 0 unspecified atom stereocenters. The van der Waals surface area contributed by atoms with Gasteiger partial charge in [-0.2, -0.15) is 0 Å². The molecule has 2 heterocycles. The van der Waals surface area contributed by atoms with Crippen molar-refractivity contribution >= 4 is 21.6 Å². The molecule has 1 aromatic carbocycles. The molecule has 4 rings (SSSR count). The summed E-state index contributed by atoms with van der Waals surface area (Å²) in [4.78, 5) is 25.2. The van der Waals surface area contributed by atoms with Crippen molar-refractivity contribution in [2.24, 2.45) is 5.92 Å². The molecule has 172 valence electrons. The molecular formula is C24H31N3O4S. The first-order chi connectivity index (χ1) is 15.4. The number of methoxy groups -OCH3 is 3. The number of hydrogen-bond acceptors (Lipinski definition) is 7. The number of hydrogen-bond donors (Lipinski definition) is 1. The van der Waals surface area contributed by atoms with E-state index in [2.05, 4.69) is 16.8 Å². The number of aryl methyl sites for hydroxylation is 1. The van der Waals surface area contributed by atoms with Gasteiger partial charge in [0.25, 0.3) is 5.56 Å². The van der Waals surface area contributed by atoms with Crippen LogP contribution in [0.4, 0.5) is 0 Å². The van der Waals surface area contributed by atoms with E-state index in [1.165, 1.54) is 10.4 Å². The van der Waals surface area contributed by atoms with Crippen molar-refractivity contribution in [3.8, 4) is 17.2 Å². The van der Waals surface area contributed by atoms with E-state index in [-0.39, 0.29) is 11.6 Å². The SMILES string of the molecule is COc1ccc(CN(C)[C@H](C)c2nc3sc4c(c3c(=O)[nH]2)CC[C@@H](C)C4)c(OC)c1OC. The van der Waals surface area contributed by atoms with Crippen molar-refractivity contribution in [3.05, 3.63) is 44.3 Å². The predicted octanol–water partition coefficient (Wildman–Crippen LogP) is 4.33. The zero-order valence-electron chi connectivity index (χ0n) is 19.6. The van der Waals surface area contributed by atoms with E-state index in [1.54, 1.807) is 32.7 Å². The van der Waals surface area contributed by atoms with Gasteiger partial charge in [0.2, 0.25) is 5.75 Å². The molecular weight excluding hydrogens is 426 g/mol. The Balaban J connectivity index is 1.64. The molecule has 0 radical (unpaired) electrons. The number of thiophene rings is 1. The largest absolute Gasteiger partial charge is 0.493 e. The molecule has 0 amide bonds. The van der Waals surface area contributed by atoms with E-state index in [0.717, 1.165) is 35.0 Å². The van der Waals surface area contributed by atoms with Gasteiger partial charge in [-0.05, 0) is 50.8 Å². The van der Waals surface area contributed by atoms with Crippen LogP contribution in [0.15, 0.2) is 16.9 Å². The summed E-state index contributed by atoms with van der Waals surface area (Å²) >= 11 is 1.68. The number of ether oxygens (including phenoxy) is 3. The summed E-state index contributed by atoms with van der Waals surface area (Å²) in [7, 11) is 6.83. The summed E-state index contributed by atoms with van der Waals surface area (Å²) < 4.78 is 16.5. The van der Waals surface area contributed by atoms with Crippen LogP contribution in [0.5, 0.6) is 17.2 Å². The average Bonchev–Trinajstić information content (AvgIpc) is 3.15. The minimum atomic E-state index is -0.0945. The number of aromatic amines is 1. The zero-order valence-corrected chi connectivity index (χ0v) is 20.4. The molecule has 1 aliphatic rings. The molecule has 0 spiro atoms. The summed E-state index contributed by atoms with van der Waals surface area (Å²) in [5, 5.41) is 0.789. The summed E-state index contributed by atoms with van der Waals surface area (Å²) in [6.45, 7) is 4.91. The first-order valence-electron chi connectivity index (χ1n) is 10.9. The summed E-state index contributed by atoms with van der Waals surface area (Å²) in [5.74, 6) is 3.17. The third-order valence-corrected chi connectivity index (χ3v) is 7.59.